The summed E-state index contributed by atoms with van der Waals surface area (Å²) in [5.41, 5.74) is 6.82. The van der Waals surface area contributed by atoms with Gasteiger partial charge in [0, 0.05) is 0 Å². The van der Waals surface area contributed by atoms with Crippen molar-refractivity contribution >= 4 is 17.3 Å². The second kappa shape index (κ2) is 5.30. The Bertz CT molecular complexity index is 611. The van der Waals surface area contributed by atoms with Crippen molar-refractivity contribution in [1.82, 2.24) is 0 Å². The van der Waals surface area contributed by atoms with E-state index in [1.165, 1.54) is 19.2 Å². The first-order valence-electron chi connectivity index (χ1n) is 5.64. The number of nitrogen functional groups attached to an aromatic ring is 1. The standard InChI is InChI=1S/C14H14N2O3/c1-19-9-6-7-13(17)10(8-9)14(18)16-12-5-3-2-4-11(12)15/h2-8,17H,15H2,1H3,(H,16,18). The molecule has 0 aliphatic rings. The Kier molecular flexibility index (Phi) is 3.56. The number of carbonyl (C=O) groups excluding carboxylic acids is 1. The van der Waals surface area contributed by atoms with Gasteiger partial charge in [-0.15, -0.1) is 0 Å². The van der Waals surface area contributed by atoms with E-state index in [-0.39, 0.29) is 11.3 Å². The quantitative estimate of drug-likeness (QED) is 0.737. The third-order valence-corrected chi connectivity index (χ3v) is 2.66. The molecule has 0 spiro atoms. The monoisotopic (exact) mass is 258 g/mol. The summed E-state index contributed by atoms with van der Waals surface area (Å²) in [5.74, 6) is -0.0777. The van der Waals surface area contributed by atoms with Crippen LogP contribution in [0.25, 0.3) is 0 Å². The number of rotatable bonds is 3. The van der Waals surface area contributed by atoms with Crippen LogP contribution in [0.5, 0.6) is 11.5 Å². The van der Waals surface area contributed by atoms with Gasteiger partial charge in [0.05, 0.1) is 24.0 Å². The number of phenolic OH excluding ortho intramolecular Hbond substituents is 1. The van der Waals surface area contributed by atoms with Crippen LogP contribution in [-0.4, -0.2) is 18.1 Å². The molecule has 0 unspecified atom stereocenters. The molecule has 0 aromatic heterocycles. The van der Waals surface area contributed by atoms with E-state index in [1.807, 2.05) is 0 Å². The fourth-order valence-electron chi connectivity index (χ4n) is 1.62. The van der Waals surface area contributed by atoms with Gasteiger partial charge >= 0.3 is 0 Å². The van der Waals surface area contributed by atoms with E-state index in [2.05, 4.69) is 5.32 Å². The molecule has 0 saturated heterocycles. The minimum atomic E-state index is -0.450. The Morgan fingerprint density at radius 3 is 2.68 bits per heavy atom. The van der Waals surface area contributed by atoms with Crippen molar-refractivity contribution < 1.29 is 14.6 Å². The fourth-order valence-corrected chi connectivity index (χ4v) is 1.62. The molecule has 98 valence electrons. The van der Waals surface area contributed by atoms with E-state index >= 15 is 0 Å². The van der Waals surface area contributed by atoms with E-state index in [4.69, 9.17) is 10.5 Å². The number of carbonyl (C=O) groups is 1. The smallest absolute Gasteiger partial charge is 0.259 e. The highest BCUT2D eigenvalue weighted by Crippen LogP contribution is 2.25. The Hall–Kier alpha value is -2.69. The van der Waals surface area contributed by atoms with Crippen molar-refractivity contribution in [1.29, 1.82) is 0 Å². The summed E-state index contributed by atoms with van der Waals surface area (Å²) in [6.45, 7) is 0. The van der Waals surface area contributed by atoms with Crippen molar-refractivity contribution in [2.45, 2.75) is 0 Å². The summed E-state index contributed by atoms with van der Waals surface area (Å²) in [5, 5.41) is 12.3. The number of methoxy groups -OCH3 is 1. The lowest BCUT2D eigenvalue weighted by Crippen LogP contribution is -2.13. The number of ether oxygens (including phenoxy) is 1. The second-order valence-corrected chi connectivity index (χ2v) is 3.92. The number of hydrogen-bond acceptors (Lipinski definition) is 4. The largest absolute Gasteiger partial charge is 0.507 e. The fraction of sp³-hybridized carbons (Fsp3) is 0.0714. The molecule has 0 heterocycles. The van der Waals surface area contributed by atoms with Crippen molar-refractivity contribution in [3.8, 4) is 11.5 Å². The molecule has 0 atom stereocenters. The van der Waals surface area contributed by atoms with Crippen LogP contribution >= 0.6 is 0 Å². The average Bonchev–Trinajstić information content (AvgIpc) is 2.42. The van der Waals surface area contributed by atoms with Gasteiger partial charge in [-0.1, -0.05) is 12.1 Å². The van der Waals surface area contributed by atoms with Crippen LogP contribution in [0.15, 0.2) is 42.5 Å². The Morgan fingerprint density at radius 1 is 1.26 bits per heavy atom. The summed E-state index contributed by atoms with van der Waals surface area (Å²) >= 11 is 0. The lowest BCUT2D eigenvalue weighted by Gasteiger charge is -2.10. The molecule has 2 aromatic carbocycles. The molecule has 1 amide bonds. The van der Waals surface area contributed by atoms with Crippen LogP contribution in [-0.2, 0) is 0 Å². The molecule has 0 aliphatic carbocycles. The molecule has 0 saturated carbocycles. The maximum atomic E-state index is 12.1. The zero-order valence-electron chi connectivity index (χ0n) is 10.4. The lowest BCUT2D eigenvalue weighted by molar-refractivity contribution is 0.102. The highest BCUT2D eigenvalue weighted by molar-refractivity contribution is 6.07. The molecule has 0 bridgehead atoms. The van der Waals surface area contributed by atoms with Gasteiger partial charge in [-0.25, -0.2) is 0 Å². The number of aromatic hydroxyl groups is 1. The third-order valence-electron chi connectivity index (χ3n) is 2.66. The molecule has 2 aromatic rings. The number of nitrogens with two attached hydrogens (primary N) is 1. The SMILES string of the molecule is COc1ccc(O)c(C(=O)Nc2ccccc2N)c1. The van der Waals surface area contributed by atoms with Crippen LogP contribution in [0.1, 0.15) is 10.4 Å². The Morgan fingerprint density at radius 2 is 2.00 bits per heavy atom. The van der Waals surface area contributed by atoms with Gasteiger partial charge in [0.1, 0.15) is 11.5 Å². The molecule has 0 aliphatic heterocycles. The number of nitrogens with one attached hydrogen (secondary N) is 1. The number of para-hydroxylation sites is 2. The third kappa shape index (κ3) is 2.77. The zero-order valence-corrected chi connectivity index (χ0v) is 10.4. The first-order valence-corrected chi connectivity index (χ1v) is 5.64. The zero-order chi connectivity index (χ0) is 13.8. The van der Waals surface area contributed by atoms with E-state index in [9.17, 15) is 9.90 Å². The van der Waals surface area contributed by atoms with E-state index in [0.29, 0.717) is 17.1 Å². The highest BCUT2D eigenvalue weighted by atomic mass is 16.5. The van der Waals surface area contributed by atoms with Crippen molar-refractivity contribution in [3.63, 3.8) is 0 Å². The molecule has 0 radical (unpaired) electrons. The van der Waals surface area contributed by atoms with Crippen LogP contribution < -0.4 is 15.8 Å². The van der Waals surface area contributed by atoms with Crippen molar-refractivity contribution in [2.75, 3.05) is 18.2 Å². The van der Waals surface area contributed by atoms with Gasteiger partial charge < -0.3 is 20.9 Å². The predicted molar refractivity (Wildman–Crippen MR) is 73.5 cm³/mol. The van der Waals surface area contributed by atoms with Gasteiger partial charge in [-0.2, -0.15) is 0 Å². The van der Waals surface area contributed by atoms with E-state index < -0.39 is 5.91 Å². The molecular weight excluding hydrogens is 244 g/mol. The summed E-state index contributed by atoms with van der Waals surface area (Å²) < 4.78 is 5.02. The number of hydrogen-bond donors (Lipinski definition) is 3. The first kappa shape index (κ1) is 12.8. The highest BCUT2D eigenvalue weighted by Gasteiger charge is 2.13. The molecular formula is C14H14N2O3. The summed E-state index contributed by atoms with van der Waals surface area (Å²) in [4.78, 5) is 12.1. The van der Waals surface area contributed by atoms with Crippen LogP contribution in [0.4, 0.5) is 11.4 Å². The summed E-state index contributed by atoms with van der Waals surface area (Å²) in [6, 6.07) is 11.3. The van der Waals surface area contributed by atoms with Gasteiger partial charge in [0.15, 0.2) is 0 Å². The van der Waals surface area contributed by atoms with Gasteiger partial charge in [0.2, 0.25) is 0 Å². The molecule has 5 nitrogen and oxygen atoms in total. The van der Waals surface area contributed by atoms with E-state index in [1.54, 1.807) is 30.3 Å². The number of phenols is 1. The van der Waals surface area contributed by atoms with Gasteiger partial charge in [0.25, 0.3) is 5.91 Å². The van der Waals surface area contributed by atoms with Crippen molar-refractivity contribution in [3.05, 3.63) is 48.0 Å². The first-order chi connectivity index (χ1) is 9.11. The van der Waals surface area contributed by atoms with Gasteiger partial charge in [-0.05, 0) is 30.3 Å². The lowest BCUT2D eigenvalue weighted by atomic mass is 10.1. The summed E-state index contributed by atoms with van der Waals surface area (Å²) in [7, 11) is 1.49. The second-order valence-electron chi connectivity index (χ2n) is 3.92. The molecule has 2 rings (SSSR count). The summed E-state index contributed by atoms with van der Waals surface area (Å²) in [6.07, 6.45) is 0. The topological polar surface area (TPSA) is 84.6 Å². The molecule has 4 N–H and O–H groups in total. The average molecular weight is 258 g/mol. The van der Waals surface area contributed by atoms with Gasteiger partial charge in [-0.3, -0.25) is 4.79 Å². The van der Waals surface area contributed by atoms with E-state index in [0.717, 1.165) is 0 Å². The van der Waals surface area contributed by atoms with Crippen LogP contribution in [0.2, 0.25) is 0 Å². The van der Waals surface area contributed by atoms with Crippen molar-refractivity contribution in [2.24, 2.45) is 0 Å². The van der Waals surface area contributed by atoms with Crippen LogP contribution in [0.3, 0.4) is 0 Å². The Labute approximate surface area is 110 Å². The number of anilines is 2. The molecule has 19 heavy (non-hydrogen) atoms. The number of amides is 1. The predicted octanol–water partition coefficient (Wildman–Crippen LogP) is 2.24. The maximum absolute atomic E-state index is 12.1. The number of benzene rings is 2. The molecule has 5 heteroatoms. The minimum Gasteiger partial charge on any atom is -0.507 e. The van der Waals surface area contributed by atoms with Crippen LogP contribution in [0, 0.1) is 0 Å². The molecule has 0 fully saturated rings. The Balaban J connectivity index is 2.28. The normalized spacial score (nSPS) is 9.95. The maximum Gasteiger partial charge on any atom is 0.259 e. The minimum absolute atomic E-state index is 0.118.